The van der Waals surface area contributed by atoms with E-state index in [9.17, 15) is 4.79 Å². The second-order valence-electron chi connectivity index (χ2n) is 5.08. The molecule has 0 fully saturated rings. The average Bonchev–Trinajstić information content (AvgIpc) is 2.58. The number of anilines is 1. The van der Waals surface area contributed by atoms with Crippen molar-refractivity contribution in [2.24, 2.45) is 0 Å². The molecule has 116 valence electrons. The SMILES string of the molecule is CCCCN(C)C(=O)c1cc(NCc2cccnc2)ncn1. The monoisotopic (exact) mass is 299 g/mol. The molecule has 0 aliphatic carbocycles. The predicted molar refractivity (Wildman–Crippen MR) is 85.5 cm³/mol. The second-order valence-corrected chi connectivity index (χ2v) is 5.08. The van der Waals surface area contributed by atoms with Crippen molar-refractivity contribution < 1.29 is 4.79 Å². The minimum atomic E-state index is -0.0831. The first-order valence-electron chi connectivity index (χ1n) is 7.41. The van der Waals surface area contributed by atoms with Crippen LogP contribution in [0.25, 0.3) is 0 Å². The van der Waals surface area contributed by atoms with Gasteiger partial charge in [0.05, 0.1) is 0 Å². The van der Waals surface area contributed by atoms with Crippen LogP contribution >= 0.6 is 0 Å². The Morgan fingerprint density at radius 1 is 1.36 bits per heavy atom. The van der Waals surface area contributed by atoms with Crippen molar-refractivity contribution in [3.05, 3.63) is 48.2 Å². The zero-order chi connectivity index (χ0) is 15.8. The number of nitrogens with one attached hydrogen (secondary N) is 1. The van der Waals surface area contributed by atoms with Gasteiger partial charge in [0.15, 0.2) is 0 Å². The molecule has 0 saturated carbocycles. The van der Waals surface area contributed by atoms with Gasteiger partial charge in [-0.2, -0.15) is 0 Å². The van der Waals surface area contributed by atoms with Gasteiger partial charge in [-0.25, -0.2) is 9.97 Å². The predicted octanol–water partition coefficient (Wildman–Crippen LogP) is 2.36. The zero-order valence-electron chi connectivity index (χ0n) is 13.0. The van der Waals surface area contributed by atoms with Crippen molar-refractivity contribution in [1.29, 1.82) is 0 Å². The first kappa shape index (κ1) is 15.9. The third-order valence-corrected chi connectivity index (χ3v) is 3.28. The summed E-state index contributed by atoms with van der Waals surface area (Å²) < 4.78 is 0. The molecule has 2 heterocycles. The molecule has 1 N–H and O–H groups in total. The van der Waals surface area contributed by atoms with E-state index in [1.165, 1.54) is 6.33 Å². The molecule has 6 nitrogen and oxygen atoms in total. The van der Waals surface area contributed by atoms with Crippen LogP contribution in [0.1, 0.15) is 35.8 Å². The van der Waals surface area contributed by atoms with E-state index in [1.807, 2.05) is 12.1 Å². The largest absolute Gasteiger partial charge is 0.366 e. The Balaban J connectivity index is 1.98. The Bertz CT molecular complexity index is 602. The molecule has 0 aromatic carbocycles. The Kier molecular flexibility index (Phi) is 5.82. The Morgan fingerprint density at radius 3 is 2.95 bits per heavy atom. The number of hydrogen-bond acceptors (Lipinski definition) is 5. The number of rotatable bonds is 7. The van der Waals surface area contributed by atoms with Crippen LogP contribution in [-0.4, -0.2) is 39.4 Å². The normalized spacial score (nSPS) is 10.3. The van der Waals surface area contributed by atoms with Gasteiger partial charge in [-0.05, 0) is 18.1 Å². The molecule has 0 unspecified atom stereocenters. The lowest BCUT2D eigenvalue weighted by Crippen LogP contribution is -2.28. The number of carbonyl (C=O) groups excluding carboxylic acids is 1. The summed E-state index contributed by atoms with van der Waals surface area (Å²) in [4.78, 5) is 26.2. The second kappa shape index (κ2) is 8.07. The number of nitrogens with zero attached hydrogens (tertiary/aromatic N) is 4. The Labute approximate surface area is 130 Å². The highest BCUT2D eigenvalue weighted by atomic mass is 16.2. The van der Waals surface area contributed by atoms with E-state index in [1.54, 1.807) is 30.4 Å². The van der Waals surface area contributed by atoms with Gasteiger partial charge in [-0.1, -0.05) is 19.4 Å². The summed E-state index contributed by atoms with van der Waals surface area (Å²) >= 11 is 0. The van der Waals surface area contributed by atoms with Gasteiger partial charge >= 0.3 is 0 Å². The summed E-state index contributed by atoms with van der Waals surface area (Å²) in [5.41, 5.74) is 1.45. The van der Waals surface area contributed by atoms with Gasteiger partial charge < -0.3 is 10.2 Å². The van der Waals surface area contributed by atoms with E-state index in [-0.39, 0.29) is 5.91 Å². The smallest absolute Gasteiger partial charge is 0.272 e. The molecule has 2 aromatic heterocycles. The number of aromatic nitrogens is 3. The third-order valence-electron chi connectivity index (χ3n) is 3.28. The standard InChI is InChI=1S/C16H21N5O/c1-3-4-8-21(2)16(22)14-9-15(20-12-19-14)18-11-13-6-5-7-17-10-13/h5-7,9-10,12H,3-4,8,11H2,1-2H3,(H,18,19,20). The molecule has 0 spiro atoms. The third kappa shape index (κ3) is 4.51. The van der Waals surface area contributed by atoms with E-state index in [0.29, 0.717) is 18.1 Å². The van der Waals surface area contributed by atoms with Gasteiger partial charge in [-0.15, -0.1) is 0 Å². The molecule has 2 aromatic rings. The highest BCUT2D eigenvalue weighted by Crippen LogP contribution is 2.08. The molecule has 2 rings (SSSR count). The minimum absolute atomic E-state index is 0.0831. The van der Waals surface area contributed by atoms with Gasteiger partial charge in [0.1, 0.15) is 17.8 Å². The van der Waals surface area contributed by atoms with Crippen LogP contribution in [0.5, 0.6) is 0 Å². The maximum absolute atomic E-state index is 12.3. The van der Waals surface area contributed by atoms with E-state index >= 15 is 0 Å². The fourth-order valence-corrected chi connectivity index (χ4v) is 1.96. The first-order chi connectivity index (χ1) is 10.7. The number of unbranched alkanes of at least 4 members (excludes halogenated alkanes) is 1. The number of amides is 1. The molecule has 6 heteroatoms. The summed E-state index contributed by atoms with van der Waals surface area (Å²) in [6.07, 6.45) is 6.97. The molecule has 22 heavy (non-hydrogen) atoms. The van der Waals surface area contributed by atoms with Crippen molar-refractivity contribution in [3.63, 3.8) is 0 Å². The van der Waals surface area contributed by atoms with Crippen LogP contribution in [0.2, 0.25) is 0 Å². The molecule has 0 radical (unpaired) electrons. The lowest BCUT2D eigenvalue weighted by atomic mass is 10.2. The maximum Gasteiger partial charge on any atom is 0.272 e. The molecule has 0 atom stereocenters. The van der Waals surface area contributed by atoms with E-state index in [4.69, 9.17) is 0 Å². The van der Waals surface area contributed by atoms with Crippen LogP contribution in [-0.2, 0) is 6.54 Å². The zero-order valence-corrected chi connectivity index (χ0v) is 13.0. The lowest BCUT2D eigenvalue weighted by molar-refractivity contribution is 0.0787. The van der Waals surface area contributed by atoms with Crippen LogP contribution < -0.4 is 5.32 Å². The van der Waals surface area contributed by atoms with Gasteiger partial charge in [0.2, 0.25) is 0 Å². The average molecular weight is 299 g/mol. The van der Waals surface area contributed by atoms with Crippen LogP contribution in [0, 0.1) is 0 Å². The van der Waals surface area contributed by atoms with Crippen molar-refractivity contribution in [2.75, 3.05) is 18.9 Å². The Hall–Kier alpha value is -2.50. The maximum atomic E-state index is 12.3. The van der Waals surface area contributed by atoms with Gasteiger partial charge in [0.25, 0.3) is 5.91 Å². The summed E-state index contributed by atoms with van der Waals surface area (Å²) in [5, 5.41) is 3.18. The van der Waals surface area contributed by atoms with Crippen LogP contribution in [0.3, 0.4) is 0 Å². The van der Waals surface area contributed by atoms with Crippen molar-refractivity contribution in [3.8, 4) is 0 Å². The van der Waals surface area contributed by atoms with Gasteiger partial charge in [-0.3, -0.25) is 9.78 Å². The quantitative estimate of drug-likeness (QED) is 0.849. The fraction of sp³-hybridized carbons (Fsp3) is 0.375. The van der Waals surface area contributed by atoms with Crippen molar-refractivity contribution in [1.82, 2.24) is 19.9 Å². The summed E-state index contributed by atoms with van der Waals surface area (Å²) in [5.74, 6) is 0.548. The molecule has 0 aliphatic rings. The number of carbonyl (C=O) groups is 1. The highest BCUT2D eigenvalue weighted by molar-refractivity contribution is 5.92. The summed E-state index contributed by atoms with van der Waals surface area (Å²) in [6.45, 7) is 3.44. The lowest BCUT2D eigenvalue weighted by Gasteiger charge is -2.16. The molecule has 1 amide bonds. The van der Waals surface area contributed by atoms with Crippen LogP contribution in [0.4, 0.5) is 5.82 Å². The number of pyridine rings is 1. The topological polar surface area (TPSA) is 71.0 Å². The highest BCUT2D eigenvalue weighted by Gasteiger charge is 2.13. The Morgan fingerprint density at radius 2 is 2.23 bits per heavy atom. The van der Waals surface area contributed by atoms with Crippen molar-refractivity contribution in [2.45, 2.75) is 26.3 Å². The van der Waals surface area contributed by atoms with Crippen LogP contribution in [0.15, 0.2) is 36.9 Å². The van der Waals surface area contributed by atoms with Crippen molar-refractivity contribution >= 4 is 11.7 Å². The fourth-order valence-electron chi connectivity index (χ4n) is 1.96. The van der Waals surface area contributed by atoms with Gasteiger partial charge in [0, 0.05) is 38.6 Å². The molecule has 0 saturated heterocycles. The molecule has 0 aliphatic heterocycles. The summed E-state index contributed by atoms with van der Waals surface area (Å²) in [6, 6.07) is 5.54. The minimum Gasteiger partial charge on any atom is -0.366 e. The van der Waals surface area contributed by atoms with E-state index in [0.717, 1.165) is 24.9 Å². The molecular weight excluding hydrogens is 278 g/mol. The summed E-state index contributed by atoms with van der Waals surface area (Å²) in [7, 11) is 1.79. The van der Waals surface area contributed by atoms with E-state index in [2.05, 4.69) is 27.2 Å². The molecule has 0 bridgehead atoms. The van der Waals surface area contributed by atoms with E-state index < -0.39 is 0 Å². The molecular formula is C16H21N5O. The number of hydrogen-bond donors (Lipinski definition) is 1. The first-order valence-corrected chi connectivity index (χ1v) is 7.41.